The van der Waals surface area contributed by atoms with Crippen molar-refractivity contribution in [2.75, 3.05) is 5.32 Å². The van der Waals surface area contributed by atoms with Crippen LogP contribution in [0.15, 0.2) is 51.9 Å². The predicted molar refractivity (Wildman–Crippen MR) is 69.2 cm³/mol. The highest BCUT2D eigenvalue weighted by molar-refractivity contribution is 9.10. The fourth-order valence-electron chi connectivity index (χ4n) is 1.35. The van der Waals surface area contributed by atoms with Crippen LogP contribution in [0, 0.1) is 0 Å². The molecule has 0 bridgehead atoms. The summed E-state index contributed by atoms with van der Waals surface area (Å²) in [6, 6.07) is 10.3. The van der Waals surface area contributed by atoms with Gasteiger partial charge in [0.1, 0.15) is 5.56 Å². The average molecular weight is 293 g/mol. The molecule has 1 aromatic carbocycles. The zero-order valence-electron chi connectivity index (χ0n) is 8.74. The van der Waals surface area contributed by atoms with Gasteiger partial charge in [0.2, 0.25) is 0 Å². The summed E-state index contributed by atoms with van der Waals surface area (Å²) >= 11 is 3.32. The van der Waals surface area contributed by atoms with Gasteiger partial charge in [-0.15, -0.1) is 0 Å². The maximum atomic E-state index is 11.8. The van der Waals surface area contributed by atoms with Gasteiger partial charge in [-0.3, -0.25) is 9.59 Å². The van der Waals surface area contributed by atoms with E-state index in [1.807, 2.05) is 12.1 Å². The fourth-order valence-corrected chi connectivity index (χ4v) is 1.74. The lowest BCUT2D eigenvalue weighted by molar-refractivity contribution is 0.102. The van der Waals surface area contributed by atoms with Gasteiger partial charge in [0, 0.05) is 10.7 Å². The number of hydrogen-bond donors (Lipinski definition) is 2. The summed E-state index contributed by atoms with van der Waals surface area (Å²) < 4.78 is 0.765. The van der Waals surface area contributed by atoms with E-state index in [1.165, 1.54) is 12.3 Å². The van der Waals surface area contributed by atoms with Gasteiger partial charge in [-0.1, -0.05) is 12.1 Å². The Hall–Kier alpha value is -1.88. The number of rotatable bonds is 2. The Morgan fingerprint density at radius 3 is 2.65 bits per heavy atom. The van der Waals surface area contributed by atoms with Crippen molar-refractivity contribution < 1.29 is 4.79 Å². The number of hydrogen-bond acceptors (Lipinski definition) is 2. The highest BCUT2D eigenvalue weighted by Crippen LogP contribution is 2.21. The molecule has 1 heterocycles. The number of carbonyl (C=O) groups is 1. The first-order chi connectivity index (χ1) is 8.18. The quantitative estimate of drug-likeness (QED) is 0.893. The van der Waals surface area contributed by atoms with Crippen molar-refractivity contribution in [2.45, 2.75) is 0 Å². The normalized spacial score (nSPS) is 9.94. The minimum Gasteiger partial charge on any atom is -0.328 e. The number of amides is 1. The molecule has 0 aliphatic heterocycles. The standard InChI is InChI=1S/C12H9BrN2O2/c13-9-5-1-2-6-10(9)15-12(17)8-4-3-7-14-11(8)16/h1-7H,(H,14,16)(H,15,17). The van der Waals surface area contributed by atoms with Crippen molar-refractivity contribution in [1.82, 2.24) is 4.98 Å². The fraction of sp³-hybridized carbons (Fsp3) is 0. The van der Waals surface area contributed by atoms with Gasteiger partial charge in [-0.2, -0.15) is 0 Å². The van der Waals surface area contributed by atoms with Gasteiger partial charge < -0.3 is 10.3 Å². The van der Waals surface area contributed by atoms with Crippen LogP contribution in [0.1, 0.15) is 10.4 Å². The minimum atomic E-state index is -0.432. The summed E-state index contributed by atoms with van der Waals surface area (Å²) in [6.07, 6.45) is 1.48. The molecule has 0 unspecified atom stereocenters. The first kappa shape index (κ1) is 11.6. The zero-order chi connectivity index (χ0) is 12.3. The first-order valence-electron chi connectivity index (χ1n) is 4.92. The van der Waals surface area contributed by atoms with E-state index in [2.05, 4.69) is 26.2 Å². The molecule has 0 fully saturated rings. The van der Waals surface area contributed by atoms with E-state index in [-0.39, 0.29) is 5.56 Å². The van der Waals surface area contributed by atoms with E-state index in [0.29, 0.717) is 5.69 Å². The smallest absolute Gasteiger partial charge is 0.261 e. The van der Waals surface area contributed by atoms with Gasteiger partial charge in [-0.05, 0) is 40.2 Å². The van der Waals surface area contributed by atoms with E-state index >= 15 is 0 Å². The number of pyridine rings is 1. The number of halogens is 1. The number of aromatic nitrogens is 1. The molecule has 2 rings (SSSR count). The number of nitrogens with one attached hydrogen (secondary N) is 2. The van der Waals surface area contributed by atoms with E-state index in [0.717, 1.165) is 4.47 Å². The lowest BCUT2D eigenvalue weighted by Gasteiger charge is -2.06. The van der Waals surface area contributed by atoms with Crippen LogP contribution >= 0.6 is 15.9 Å². The Morgan fingerprint density at radius 2 is 1.94 bits per heavy atom. The number of benzene rings is 1. The van der Waals surface area contributed by atoms with Gasteiger partial charge >= 0.3 is 0 Å². The third kappa shape index (κ3) is 2.62. The molecule has 0 radical (unpaired) electrons. The molecule has 17 heavy (non-hydrogen) atoms. The summed E-state index contributed by atoms with van der Waals surface area (Å²) in [7, 11) is 0. The average Bonchev–Trinajstić information content (AvgIpc) is 2.32. The molecule has 0 saturated carbocycles. The largest absolute Gasteiger partial charge is 0.328 e. The van der Waals surface area contributed by atoms with Crippen molar-refractivity contribution in [3.63, 3.8) is 0 Å². The second-order valence-electron chi connectivity index (χ2n) is 3.35. The maximum Gasteiger partial charge on any atom is 0.261 e. The number of aromatic amines is 1. The second-order valence-corrected chi connectivity index (χ2v) is 4.20. The molecule has 2 N–H and O–H groups in total. The van der Waals surface area contributed by atoms with Crippen LogP contribution in [0.3, 0.4) is 0 Å². The molecular formula is C12H9BrN2O2. The molecule has 5 heteroatoms. The number of anilines is 1. The Kier molecular flexibility index (Phi) is 3.39. The second kappa shape index (κ2) is 4.97. The molecule has 4 nitrogen and oxygen atoms in total. The van der Waals surface area contributed by atoms with E-state index < -0.39 is 11.5 Å². The third-order valence-electron chi connectivity index (χ3n) is 2.18. The zero-order valence-corrected chi connectivity index (χ0v) is 10.3. The summed E-state index contributed by atoms with van der Waals surface area (Å²) in [6.45, 7) is 0. The summed E-state index contributed by atoms with van der Waals surface area (Å²) in [4.78, 5) is 25.7. The van der Waals surface area contributed by atoms with Crippen molar-refractivity contribution in [1.29, 1.82) is 0 Å². The highest BCUT2D eigenvalue weighted by Gasteiger charge is 2.10. The van der Waals surface area contributed by atoms with Gasteiger partial charge in [0.05, 0.1) is 5.69 Å². The van der Waals surface area contributed by atoms with Crippen molar-refractivity contribution >= 4 is 27.5 Å². The first-order valence-corrected chi connectivity index (χ1v) is 5.71. The highest BCUT2D eigenvalue weighted by atomic mass is 79.9. The van der Waals surface area contributed by atoms with E-state index in [4.69, 9.17) is 0 Å². The summed E-state index contributed by atoms with van der Waals surface area (Å²) in [5.74, 6) is -0.432. The maximum absolute atomic E-state index is 11.8. The van der Waals surface area contributed by atoms with Crippen LogP contribution in [0.25, 0.3) is 0 Å². The lowest BCUT2D eigenvalue weighted by atomic mass is 10.2. The van der Waals surface area contributed by atoms with Gasteiger partial charge in [0.15, 0.2) is 0 Å². The number of para-hydroxylation sites is 1. The van der Waals surface area contributed by atoms with Crippen LogP contribution in [-0.4, -0.2) is 10.9 Å². The third-order valence-corrected chi connectivity index (χ3v) is 2.88. The monoisotopic (exact) mass is 292 g/mol. The van der Waals surface area contributed by atoms with E-state index in [9.17, 15) is 9.59 Å². The van der Waals surface area contributed by atoms with Crippen LogP contribution in [-0.2, 0) is 0 Å². The SMILES string of the molecule is O=C(Nc1ccccc1Br)c1ccc[nH]c1=O. The van der Waals surface area contributed by atoms with Crippen LogP contribution in [0.5, 0.6) is 0 Å². The summed E-state index contributed by atoms with van der Waals surface area (Å²) in [5, 5.41) is 2.66. The molecule has 0 aliphatic carbocycles. The van der Waals surface area contributed by atoms with Crippen LogP contribution in [0.4, 0.5) is 5.69 Å². The number of carbonyl (C=O) groups excluding carboxylic acids is 1. The minimum absolute atomic E-state index is 0.0863. The Morgan fingerprint density at radius 1 is 1.18 bits per heavy atom. The van der Waals surface area contributed by atoms with Crippen LogP contribution in [0.2, 0.25) is 0 Å². The van der Waals surface area contributed by atoms with Gasteiger partial charge in [-0.25, -0.2) is 0 Å². The molecule has 1 amide bonds. The molecule has 86 valence electrons. The summed E-state index contributed by atoms with van der Waals surface area (Å²) in [5.41, 5.74) is 0.307. The Labute approximate surface area is 106 Å². The van der Waals surface area contributed by atoms with Crippen molar-refractivity contribution in [3.05, 3.63) is 63.0 Å². The molecule has 0 spiro atoms. The van der Waals surface area contributed by atoms with Crippen molar-refractivity contribution in [3.8, 4) is 0 Å². The van der Waals surface area contributed by atoms with Crippen LogP contribution < -0.4 is 10.9 Å². The molecule has 0 saturated heterocycles. The Balaban J connectivity index is 2.27. The van der Waals surface area contributed by atoms with Crippen molar-refractivity contribution in [2.24, 2.45) is 0 Å². The number of H-pyrrole nitrogens is 1. The molecule has 1 aromatic heterocycles. The molecular weight excluding hydrogens is 284 g/mol. The predicted octanol–water partition coefficient (Wildman–Crippen LogP) is 2.39. The lowest BCUT2D eigenvalue weighted by Crippen LogP contribution is -2.22. The Bertz CT molecular complexity index is 607. The van der Waals surface area contributed by atoms with E-state index in [1.54, 1.807) is 18.2 Å². The molecule has 0 aliphatic rings. The topological polar surface area (TPSA) is 62.0 Å². The molecule has 2 aromatic rings. The molecule has 0 atom stereocenters. The van der Waals surface area contributed by atoms with Gasteiger partial charge in [0.25, 0.3) is 11.5 Å².